The number of hydrogen-bond acceptors (Lipinski definition) is 5. The van der Waals surface area contributed by atoms with Gasteiger partial charge in [-0.05, 0) is 43.2 Å². The van der Waals surface area contributed by atoms with Crippen LogP contribution in [-0.2, 0) is 15.7 Å². The van der Waals surface area contributed by atoms with Crippen LogP contribution in [0, 0.1) is 10.1 Å². The summed E-state index contributed by atoms with van der Waals surface area (Å²) in [6, 6.07) is 2.99. The quantitative estimate of drug-likeness (QED) is 0.472. The Bertz CT molecular complexity index is 670. The first-order chi connectivity index (χ1) is 11.5. The van der Waals surface area contributed by atoms with Crippen molar-refractivity contribution >= 4 is 11.7 Å². The van der Waals surface area contributed by atoms with Gasteiger partial charge in [0.25, 0.3) is 5.69 Å². The topological polar surface area (TPSA) is 116 Å². The van der Waals surface area contributed by atoms with Gasteiger partial charge < -0.3 is 15.6 Å². The van der Waals surface area contributed by atoms with Crippen LogP contribution in [0.1, 0.15) is 42.7 Å². The number of nitrogens with two attached hydrogens (primary N) is 1. The molecule has 1 aliphatic rings. The van der Waals surface area contributed by atoms with Crippen LogP contribution in [0.4, 0.5) is 18.9 Å². The second-order valence-electron chi connectivity index (χ2n) is 6.05. The molecule has 0 unspecified atom stereocenters. The van der Waals surface area contributed by atoms with Gasteiger partial charge in [0.05, 0.1) is 4.92 Å². The number of carboxylic acids is 1. The third-order valence-electron chi connectivity index (χ3n) is 4.31. The fourth-order valence-corrected chi connectivity index (χ4v) is 2.98. The number of ether oxygens (including phenoxy) is 1. The number of rotatable bonds is 5. The van der Waals surface area contributed by atoms with Crippen molar-refractivity contribution in [1.82, 2.24) is 0 Å². The van der Waals surface area contributed by atoms with Crippen molar-refractivity contribution in [2.24, 2.45) is 5.73 Å². The van der Waals surface area contributed by atoms with Crippen molar-refractivity contribution in [2.75, 3.05) is 6.61 Å². The molecular weight excluding hydrogens is 345 g/mol. The maximum Gasteiger partial charge on any atom is 0.423 e. The van der Waals surface area contributed by atoms with Crippen molar-refractivity contribution in [1.29, 1.82) is 0 Å². The zero-order valence-electron chi connectivity index (χ0n) is 13.1. The van der Waals surface area contributed by atoms with Gasteiger partial charge in [-0.3, -0.25) is 10.1 Å². The number of carbonyl (C=O) groups is 1. The Labute approximate surface area is 140 Å². The van der Waals surface area contributed by atoms with Crippen LogP contribution in [0.25, 0.3) is 0 Å². The molecule has 0 aromatic heterocycles. The number of hydrogen-bond donors (Lipinski definition) is 2. The van der Waals surface area contributed by atoms with E-state index in [0.29, 0.717) is 18.4 Å². The molecule has 0 radical (unpaired) electrons. The maximum absolute atomic E-state index is 13.1. The second kappa shape index (κ2) is 6.96. The third kappa shape index (κ3) is 4.67. The van der Waals surface area contributed by atoms with Gasteiger partial charge >= 0.3 is 12.1 Å². The van der Waals surface area contributed by atoms with E-state index in [9.17, 15) is 28.1 Å². The number of benzene rings is 1. The summed E-state index contributed by atoms with van der Waals surface area (Å²) in [5.74, 6) is -1.41. The summed E-state index contributed by atoms with van der Waals surface area (Å²) in [5, 5.41) is 19.4. The fourth-order valence-electron chi connectivity index (χ4n) is 2.98. The lowest BCUT2D eigenvalue weighted by molar-refractivity contribution is -0.388. The number of alkyl halides is 3. The largest absolute Gasteiger partial charge is 0.480 e. The van der Waals surface area contributed by atoms with Gasteiger partial charge in [-0.25, -0.2) is 4.79 Å². The summed E-state index contributed by atoms with van der Waals surface area (Å²) in [7, 11) is 0. The zero-order chi connectivity index (χ0) is 18.8. The summed E-state index contributed by atoms with van der Waals surface area (Å²) < 4.78 is 44.3. The second-order valence-corrected chi connectivity index (χ2v) is 6.05. The van der Waals surface area contributed by atoms with Gasteiger partial charge in [0.15, 0.2) is 0 Å². The van der Waals surface area contributed by atoms with Crippen LogP contribution >= 0.6 is 0 Å². The Kier molecular flexibility index (Phi) is 5.33. The van der Waals surface area contributed by atoms with E-state index in [-0.39, 0.29) is 18.8 Å². The number of nitro benzene ring substituents is 1. The van der Waals surface area contributed by atoms with Crippen molar-refractivity contribution in [3.05, 3.63) is 39.4 Å². The average Bonchev–Trinajstić information content (AvgIpc) is 2.52. The zero-order valence-corrected chi connectivity index (χ0v) is 13.1. The number of nitro groups is 1. The maximum atomic E-state index is 13.1. The molecule has 0 bridgehead atoms. The molecule has 1 saturated carbocycles. The minimum absolute atomic E-state index is 0.257. The third-order valence-corrected chi connectivity index (χ3v) is 4.31. The Morgan fingerprint density at radius 2 is 2.00 bits per heavy atom. The minimum atomic E-state index is -4.82. The van der Waals surface area contributed by atoms with E-state index in [1.54, 1.807) is 0 Å². The van der Waals surface area contributed by atoms with Crippen molar-refractivity contribution < 1.29 is 32.7 Å². The van der Waals surface area contributed by atoms with Crippen molar-refractivity contribution in [3.63, 3.8) is 0 Å². The molecule has 0 atom stereocenters. The van der Waals surface area contributed by atoms with E-state index >= 15 is 0 Å². The monoisotopic (exact) mass is 362 g/mol. The highest BCUT2D eigenvalue weighted by molar-refractivity contribution is 5.68. The van der Waals surface area contributed by atoms with Gasteiger partial charge in [0, 0.05) is 6.07 Å². The molecule has 0 spiro atoms. The molecule has 7 nitrogen and oxygen atoms in total. The number of nitrogens with zero attached hydrogens (tertiary/aromatic N) is 1. The SMILES string of the molecule is NC1(OCC(=O)O)CCC(c2ccc([N+](=O)[O-])c(C(F)(F)F)c2)CC1. The normalized spacial score (nSPS) is 24.1. The molecule has 25 heavy (non-hydrogen) atoms. The van der Waals surface area contributed by atoms with Crippen LogP contribution in [0.2, 0.25) is 0 Å². The summed E-state index contributed by atoms with van der Waals surface area (Å²) >= 11 is 0. The van der Waals surface area contributed by atoms with Gasteiger partial charge in [-0.15, -0.1) is 0 Å². The lowest BCUT2D eigenvalue weighted by atomic mass is 9.79. The van der Waals surface area contributed by atoms with Crippen LogP contribution in [0.5, 0.6) is 0 Å². The highest BCUT2D eigenvalue weighted by Crippen LogP contribution is 2.42. The molecule has 0 aliphatic heterocycles. The fraction of sp³-hybridized carbons (Fsp3) is 0.533. The summed E-state index contributed by atoms with van der Waals surface area (Å²) in [5.41, 5.74) is 2.92. The molecule has 3 N–H and O–H groups in total. The Morgan fingerprint density at radius 3 is 2.48 bits per heavy atom. The van der Waals surface area contributed by atoms with Crippen LogP contribution < -0.4 is 5.73 Å². The summed E-state index contributed by atoms with van der Waals surface area (Å²) in [4.78, 5) is 20.3. The average molecular weight is 362 g/mol. The number of carboxylic acid groups (broad SMARTS) is 1. The molecule has 0 saturated heterocycles. The first kappa shape index (κ1) is 19.1. The van der Waals surface area contributed by atoms with E-state index in [1.165, 1.54) is 6.07 Å². The van der Waals surface area contributed by atoms with E-state index < -0.39 is 40.7 Å². The van der Waals surface area contributed by atoms with Crippen LogP contribution in [-0.4, -0.2) is 28.3 Å². The smallest absolute Gasteiger partial charge is 0.423 e. The molecule has 138 valence electrons. The molecule has 1 aromatic carbocycles. The van der Waals surface area contributed by atoms with Gasteiger partial charge in [0.1, 0.15) is 17.9 Å². The van der Waals surface area contributed by atoms with E-state index in [0.717, 1.165) is 12.1 Å². The van der Waals surface area contributed by atoms with E-state index in [1.807, 2.05) is 0 Å². The molecule has 1 aliphatic carbocycles. The predicted molar refractivity (Wildman–Crippen MR) is 79.8 cm³/mol. The molecule has 1 fully saturated rings. The number of halogens is 3. The Hall–Kier alpha value is -2.20. The van der Waals surface area contributed by atoms with Crippen LogP contribution in [0.3, 0.4) is 0 Å². The standard InChI is InChI=1S/C15H17F3N2O5/c16-15(17,18)11-7-10(1-2-12(11)20(23)24)9-3-5-14(19,6-4-9)25-8-13(21)22/h1-2,7,9H,3-6,8,19H2,(H,21,22). The highest BCUT2D eigenvalue weighted by Gasteiger charge is 2.40. The molecule has 2 rings (SSSR count). The summed E-state index contributed by atoms with van der Waals surface area (Å²) in [6.45, 7) is -0.545. The lowest BCUT2D eigenvalue weighted by Gasteiger charge is -2.36. The lowest BCUT2D eigenvalue weighted by Crippen LogP contribution is -2.46. The number of aliphatic carboxylic acids is 1. The molecule has 0 amide bonds. The Balaban J connectivity index is 2.16. The van der Waals surface area contributed by atoms with Crippen LogP contribution in [0.15, 0.2) is 18.2 Å². The molecule has 10 heteroatoms. The molecular formula is C15H17F3N2O5. The van der Waals surface area contributed by atoms with Gasteiger partial charge in [0.2, 0.25) is 0 Å². The van der Waals surface area contributed by atoms with Gasteiger partial charge in [-0.2, -0.15) is 13.2 Å². The Morgan fingerprint density at radius 1 is 1.40 bits per heavy atom. The van der Waals surface area contributed by atoms with Gasteiger partial charge in [-0.1, -0.05) is 6.07 Å². The predicted octanol–water partition coefficient (Wildman–Crippen LogP) is 3.03. The van der Waals surface area contributed by atoms with E-state index in [2.05, 4.69) is 0 Å². The molecule has 0 heterocycles. The first-order valence-electron chi connectivity index (χ1n) is 7.52. The molecule has 1 aromatic rings. The summed E-state index contributed by atoms with van der Waals surface area (Å²) in [6.07, 6.45) is -3.47. The van der Waals surface area contributed by atoms with Crippen molar-refractivity contribution in [2.45, 2.75) is 43.5 Å². The highest BCUT2D eigenvalue weighted by atomic mass is 19.4. The minimum Gasteiger partial charge on any atom is -0.480 e. The van der Waals surface area contributed by atoms with E-state index in [4.69, 9.17) is 15.6 Å². The first-order valence-corrected chi connectivity index (χ1v) is 7.52. The van der Waals surface area contributed by atoms with Crippen molar-refractivity contribution in [3.8, 4) is 0 Å².